The Balaban J connectivity index is 3.79. The number of aliphatic hydroxyl groups is 1. The topological polar surface area (TPSA) is 49.5 Å². The zero-order valence-corrected chi connectivity index (χ0v) is 9.38. The Bertz CT molecular complexity index is 137. The van der Waals surface area contributed by atoms with Gasteiger partial charge in [-0.15, -0.1) is 0 Å². The lowest BCUT2D eigenvalue weighted by Crippen LogP contribution is -2.39. The number of hydrogen-bond donors (Lipinski definition) is 2. The molecule has 0 aliphatic rings. The van der Waals surface area contributed by atoms with E-state index in [4.69, 9.17) is 5.73 Å². The van der Waals surface area contributed by atoms with Crippen LogP contribution in [0.5, 0.6) is 0 Å². The second kappa shape index (κ2) is 5.58. The second-order valence-electron chi connectivity index (χ2n) is 4.63. The highest BCUT2D eigenvalue weighted by Gasteiger charge is 2.18. The maximum atomic E-state index is 9.42. The van der Waals surface area contributed by atoms with Crippen LogP contribution in [0.3, 0.4) is 0 Å². The first kappa shape index (κ1) is 12.9. The summed E-state index contributed by atoms with van der Waals surface area (Å²) in [6, 6.07) is 0. The van der Waals surface area contributed by atoms with E-state index in [1.807, 2.05) is 14.0 Å². The lowest BCUT2D eigenvalue weighted by atomic mass is 9.93. The highest BCUT2D eigenvalue weighted by Crippen LogP contribution is 2.13. The van der Waals surface area contributed by atoms with E-state index in [1.54, 1.807) is 0 Å². The Kier molecular flexibility index (Phi) is 5.53. The van der Waals surface area contributed by atoms with Crippen molar-refractivity contribution in [1.82, 2.24) is 4.90 Å². The number of hydrogen-bond acceptors (Lipinski definition) is 3. The van der Waals surface area contributed by atoms with Crippen LogP contribution in [0.1, 0.15) is 27.2 Å². The molecule has 0 aliphatic carbocycles. The Labute approximate surface area is 81.9 Å². The average molecular weight is 188 g/mol. The van der Waals surface area contributed by atoms with Gasteiger partial charge in [-0.05, 0) is 25.4 Å². The summed E-state index contributed by atoms with van der Waals surface area (Å²) in [6.07, 6.45) is 0.603. The second-order valence-corrected chi connectivity index (χ2v) is 4.63. The molecule has 3 heteroatoms. The minimum Gasteiger partial charge on any atom is -0.392 e. The Hall–Kier alpha value is -0.120. The van der Waals surface area contributed by atoms with Gasteiger partial charge in [-0.1, -0.05) is 20.8 Å². The summed E-state index contributed by atoms with van der Waals surface area (Å²) in [5.41, 5.74) is 5.77. The molecule has 13 heavy (non-hydrogen) atoms. The highest BCUT2D eigenvalue weighted by atomic mass is 16.3. The summed E-state index contributed by atoms with van der Waals surface area (Å²) < 4.78 is 0. The van der Waals surface area contributed by atoms with Gasteiger partial charge in [0.15, 0.2) is 0 Å². The van der Waals surface area contributed by atoms with E-state index in [9.17, 15) is 5.11 Å². The van der Waals surface area contributed by atoms with Gasteiger partial charge >= 0.3 is 0 Å². The lowest BCUT2D eigenvalue weighted by molar-refractivity contribution is 0.103. The van der Waals surface area contributed by atoms with Gasteiger partial charge in [-0.25, -0.2) is 0 Å². The monoisotopic (exact) mass is 188 g/mol. The van der Waals surface area contributed by atoms with Crippen LogP contribution < -0.4 is 5.73 Å². The minimum absolute atomic E-state index is 0.141. The summed E-state index contributed by atoms with van der Waals surface area (Å²) in [5.74, 6) is 0. The molecule has 0 aromatic rings. The summed E-state index contributed by atoms with van der Waals surface area (Å²) in [4.78, 5) is 2.14. The molecule has 0 spiro atoms. The van der Waals surface area contributed by atoms with Crippen molar-refractivity contribution in [1.29, 1.82) is 0 Å². The number of nitrogens with two attached hydrogens (primary N) is 1. The zero-order chi connectivity index (χ0) is 10.5. The summed E-state index contributed by atoms with van der Waals surface area (Å²) in [6.45, 7) is 8.62. The molecule has 0 aromatic carbocycles. The van der Waals surface area contributed by atoms with Crippen molar-refractivity contribution in [2.24, 2.45) is 11.1 Å². The van der Waals surface area contributed by atoms with Crippen LogP contribution in [0.4, 0.5) is 0 Å². The average Bonchev–Trinajstić information content (AvgIpc) is 2.03. The SMILES string of the molecule is CCC(O)CN(C)CC(C)(C)CN. The Morgan fingerprint density at radius 1 is 1.46 bits per heavy atom. The zero-order valence-electron chi connectivity index (χ0n) is 9.38. The molecule has 1 unspecified atom stereocenters. The molecule has 0 saturated heterocycles. The van der Waals surface area contributed by atoms with Crippen molar-refractivity contribution >= 4 is 0 Å². The van der Waals surface area contributed by atoms with Gasteiger partial charge in [0.05, 0.1) is 6.10 Å². The first-order chi connectivity index (χ1) is 5.91. The van der Waals surface area contributed by atoms with Crippen molar-refractivity contribution < 1.29 is 5.11 Å². The van der Waals surface area contributed by atoms with Crippen LogP contribution in [0.15, 0.2) is 0 Å². The fraction of sp³-hybridized carbons (Fsp3) is 1.00. The van der Waals surface area contributed by atoms with Gasteiger partial charge in [0.25, 0.3) is 0 Å². The van der Waals surface area contributed by atoms with E-state index in [1.165, 1.54) is 0 Å². The van der Waals surface area contributed by atoms with E-state index in [0.29, 0.717) is 6.54 Å². The third-order valence-corrected chi connectivity index (χ3v) is 2.24. The Morgan fingerprint density at radius 2 is 2.00 bits per heavy atom. The van der Waals surface area contributed by atoms with Crippen LogP contribution >= 0.6 is 0 Å². The molecule has 1 atom stereocenters. The molecule has 3 nitrogen and oxygen atoms in total. The molecule has 0 heterocycles. The van der Waals surface area contributed by atoms with Crippen LogP contribution in [0.25, 0.3) is 0 Å². The van der Waals surface area contributed by atoms with Crippen molar-refractivity contribution in [3.63, 3.8) is 0 Å². The number of likely N-dealkylation sites (N-methyl/N-ethyl adjacent to an activating group) is 1. The molecule has 0 rings (SSSR count). The molecular weight excluding hydrogens is 164 g/mol. The normalized spacial score (nSPS) is 15.0. The lowest BCUT2D eigenvalue weighted by Gasteiger charge is -2.30. The largest absolute Gasteiger partial charge is 0.392 e. The number of rotatable bonds is 6. The van der Waals surface area contributed by atoms with Gasteiger partial charge in [-0.3, -0.25) is 0 Å². The van der Waals surface area contributed by atoms with E-state index in [0.717, 1.165) is 19.5 Å². The molecular formula is C10H24N2O. The van der Waals surface area contributed by atoms with Crippen molar-refractivity contribution in [2.75, 3.05) is 26.7 Å². The first-order valence-corrected chi connectivity index (χ1v) is 4.98. The van der Waals surface area contributed by atoms with Crippen LogP contribution in [-0.4, -0.2) is 42.8 Å². The summed E-state index contributed by atoms with van der Waals surface area (Å²) in [7, 11) is 2.02. The molecule has 0 amide bonds. The van der Waals surface area contributed by atoms with E-state index in [-0.39, 0.29) is 11.5 Å². The fourth-order valence-corrected chi connectivity index (χ4v) is 1.35. The molecule has 0 aromatic heterocycles. The van der Waals surface area contributed by atoms with E-state index >= 15 is 0 Å². The van der Waals surface area contributed by atoms with Crippen LogP contribution in [-0.2, 0) is 0 Å². The molecule has 0 bridgehead atoms. The summed E-state index contributed by atoms with van der Waals surface area (Å²) in [5, 5.41) is 9.42. The third-order valence-electron chi connectivity index (χ3n) is 2.24. The van der Waals surface area contributed by atoms with Gasteiger partial charge in [-0.2, -0.15) is 0 Å². The van der Waals surface area contributed by atoms with Gasteiger partial charge < -0.3 is 15.7 Å². The quantitative estimate of drug-likeness (QED) is 0.644. The van der Waals surface area contributed by atoms with Gasteiger partial charge in [0, 0.05) is 13.1 Å². The van der Waals surface area contributed by atoms with Crippen molar-refractivity contribution in [3.8, 4) is 0 Å². The molecule has 0 saturated carbocycles. The van der Waals surface area contributed by atoms with Crippen LogP contribution in [0.2, 0.25) is 0 Å². The Morgan fingerprint density at radius 3 is 2.38 bits per heavy atom. The van der Waals surface area contributed by atoms with Gasteiger partial charge in [0.1, 0.15) is 0 Å². The molecule has 0 fully saturated rings. The van der Waals surface area contributed by atoms with E-state index < -0.39 is 0 Å². The predicted molar refractivity (Wildman–Crippen MR) is 56.6 cm³/mol. The number of aliphatic hydroxyl groups excluding tert-OH is 1. The highest BCUT2D eigenvalue weighted by molar-refractivity contribution is 4.74. The maximum absolute atomic E-state index is 9.42. The van der Waals surface area contributed by atoms with Crippen molar-refractivity contribution in [2.45, 2.75) is 33.3 Å². The predicted octanol–water partition coefficient (Wildman–Crippen LogP) is 0.674. The van der Waals surface area contributed by atoms with Crippen molar-refractivity contribution in [3.05, 3.63) is 0 Å². The molecule has 80 valence electrons. The standard InChI is InChI=1S/C10H24N2O/c1-5-9(13)6-12(4)8-10(2,3)7-11/h9,13H,5-8,11H2,1-4H3. The minimum atomic E-state index is -0.210. The smallest absolute Gasteiger partial charge is 0.0664 e. The number of nitrogens with zero attached hydrogens (tertiary/aromatic N) is 1. The summed E-state index contributed by atoms with van der Waals surface area (Å²) >= 11 is 0. The molecule has 0 aliphatic heterocycles. The molecule has 0 radical (unpaired) electrons. The molecule has 3 N–H and O–H groups in total. The maximum Gasteiger partial charge on any atom is 0.0664 e. The first-order valence-electron chi connectivity index (χ1n) is 4.98. The van der Waals surface area contributed by atoms with Gasteiger partial charge in [0.2, 0.25) is 0 Å². The van der Waals surface area contributed by atoms with Crippen LogP contribution in [0, 0.1) is 5.41 Å². The van der Waals surface area contributed by atoms with E-state index in [2.05, 4.69) is 18.7 Å². The fourth-order valence-electron chi connectivity index (χ4n) is 1.35. The third kappa shape index (κ3) is 6.02.